The lowest BCUT2D eigenvalue weighted by Crippen LogP contribution is -2.33. The number of aryl methyl sites for hydroxylation is 1. The van der Waals surface area contributed by atoms with Crippen molar-refractivity contribution in [2.24, 2.45) is 5.73 Å². The van der Waals surface area contributed by atoms with E-state index >= 15 is 0 Å². The maximum atomic E-state index is 8.71. The minimum absolute atomic E-state index is 0.697. The third-order valence-corrected chi connectivity index (χ3v) is 3.89. The maximum absolute atomic E-state index is 8.71. The first kappa shape index (κ1) is 12.4. The maximum Gasteiger partial charge on any atom is 0.174 e. The van der Waals surface area contributed by atoms with Crippen LogP contribution in [-0.4, -0.2) is 21.5 Å². The Hall–Kier alpha value is -0.640. The first-order valence-electron chi connectivity index (χ1n) is 4.66. The van der Waals surface area contributed by atoms with Crippen LogP contribution in [0.15, 0.2) is 4.34 Å². The molecule has 0 saturated heterocycles. The molecule has 0 bridgehead atoms. The molecule has 15 heavy (non-hydrogen) atoms. The molecule has 0 saturated carbocycles. The molecule has 4 nitrogen and oxygen atoms in total. The highest BCUT2D eigenvalue weighted by Crippen LogP contribution is 2.23. The van der Waals surface area contributed by atoms with Crippen molar-refractivity contribution in [1.82, 2.24) is 10.2 Å². The molecule has 1 rings (SSSR count). The number of hydrogen-bond acceptors (Lipinski definition) is 6. The Balaban J connectivity index is 2.21. The molecule has 0 aliphatic carbocycles. The van der Waals surface area contributed by atoms with E-state index in [1.54, 1.807) is 30.0 Å². The first-order chi connectivity index (χ1) is 7.03. The van der Waals surface area contributed by atoms with E-state index in [-0.39, 0.29) is 0 Å². The van der Waals surface area contributed by atoms with Crippen molar-refractivity contribution < 1.29 is 0 Å². The molecule has 0 aliphatic rings. The highest BCUT2D eigenvalue weighted by Gasteiger charge is 2.16. The SMILES string of the molecule is Cc1nnc(SCCCC(C)(N)C#N)s1. The van der Waals surface area contributed by atoms with Crippen LogP contribution in [0.2, 0.25) is 0 Å². The predicted molar refractivity (Wildman–Crippen MR) is 62.8 cm³/mol. The van der Waals surface area contributed by atoms with Crippen molar-refractivity contribution >= 4 is 23.1 Å². The van der Waals surface area contributed by atoms with Gasteiger partial charge in [-0.2, -0.15) is 5.26 Å². The van der Waals surface area contributed by atoms with Gasteiger partial charge in [0.1, 0.15) is 10.5 Å². The molecule has 0 aromatic carbocycles. The fourth-order valence-corrected chi connectivity index (χ4v) is 2.82. The summed E-state index contributed by atoms with van der Waals surface area (Å²) in [5, 5.41) is 17.6. The molecule has 0 aliphatic heterocycles. The van der Waals surface area contributed by atoms with Crippen LogP contribution in [0, 0.1) is 18.3 Å². The molecule has 1 aromatic heterocycles. The van der Waals surface area contributed by atoms with Gasteiger partial charge in [0.15, 0.2) is 4.34 Å². The van der Waals surface area contributed by atoms with Gasteiger partial charge in [0.05, 0.1) is 6.07 Å². The zero-order chi connectivity index (χ0) is 11.3. The lowest BCUT2D eigenvalue weighted by molar-refractivity contribution is 0.540. The summed E-state index contributed by atoms with van der Waals surface area (Å²) >= 11 is 3.27. The summed E-state index contributed by atoms with van der Waals surface area (Å²) in [5.41, 5.74) is 5.01. The number of nitrogens with zero attached hydrogens (tertiary/aromatic N) is 3. The van der Waals surface area contributed by atoms with Crippen LogP contribution >= 0.6 is 23.1 Å². The van der Waals surface area contributed by atoms with Gasteiger partial charge in [0.25, 0.3) is 0 Å². The largest absolute Gasteiger partial charge is 0.314 e. The Bertz CT molecular complexity index is 353. The molecule has 2 N–H and O–H groups in total. The summed E-state index contributed by atoms with van der Waals surface area (Å²) in [4.78, 5) is 0. The van der Waals surface area contributed by atoms with Crippen molar-refractivity contribution in [3.8, 4) is 6.07 Å². The average Bonchev–Trinajstić information content (AvgIpc) is 2.59. The van der Waals surface area contributed by atoms with Crippen molar-refractivity contribution in [3.05, 3.63) is 5.01 Å². The van der Waals surface area contributed by atoms with Crippen LogP contribution < -0.4 is 5.73 Å². The van der Waals surface area contributed by atoms with Crippen LogP contribution in [0.3, 0.4) is 0 Å². The smallest absolute Gasteiger partial charge is 0.174 e. The molecule has 1 heterocycles. The molecule has 6 heteroatoms. The van der Waals surface area contributed by atoms with Crippen LogP contribution in [0.1, 0.15) is 24.8 Å². The standard InChI is InChI=1S/C9H14N4S2/c1-7-12-13-8(15-7)14-5-3-4-9(2,11)6-10/h3-5,11H2,1-2H3. The Morgan fingerprint density at radius 3 is 2.87 bits per heavy atom. The number of hydrogen-bond donors (Lipinski definition) is 1. The van der Waals surface area contributed by atoms with E-state index in [4.69, 9.17) is 11.0 Å². The number of nitriles is 1. The fourth-order valence-electron chi connectivity index (χ4n) is 0.992. The zero-order valence-corrected chi connectivity index (χ0v) is 10.5. The minimum Gasteiger partial charge on any atom is -0.314 e. The summed E-state index contributed by atoms with van der Waals surface area (Å²) in [6.45, 7) is 3.70. The molecule has 1 unspecified atom stereocenters. The van der Waals surface area contributed by atoms with E-state index in [0.29, 0.717) is 6.42 Å². The summed E-state index contributed by atoms with van der Waals surface area (Å²) in [7, 11) is 0. The molecule has 0 fully saturated rings. The number of thioether (sulfide) groups is 1. The van der Waals surface area contributed by atoms with E-state index in [2.05, 4.69) is 16.3 Å². The second-order valence-electron chi connectivity index (χ2n) is 3.57. The van der Waals surface area contributed by atoms with Gasteiger partial charge in [-0.25, -0.2) is 0 Å². The van der Waals surface area contributed by atoms with Gasteiger partial charge in [0.2, 0.25) is 0 Å². The van der Waals surface area contributed by atoms with Gasteiger partial charge in [-0.05, 0) is 26.7 Å². The lowest BCUT2D eigenvalue weighted by Gasteiger charge is -2.13. The van der Waals surface area contributed by atoms with Crippen LogP contribution in [0.4, 0.5) is 0 Å². The summed E-state index contributed by atoms with van der Waals surface area (Å²) < 4.78 is 0.989. The van der Waals surface area contributed by atoms with Crippen LogP contribution in [-0.2, 0) is 0 Å². The van der Waals surface area contributed by atoms with Crippen molar-refractivity contribution in [2.75, 3.05) is 5.75 Å². The highest BCUT2D eigenvalue weighted by molar-refractivity contribution is 8.01. The van der Waals surface area contributed by atoms with Crippen LogP contribution in [0.5, 0.6) is 0 Å². The van der Waals surface area contributed by atoms with Crippen molar-refractivity contribution in [3.63, 3.8) is 0 Å². The molecular formula is C9H14N4S2. The van der Waals surface area contributed by atoms with E-state index < -0.39 is 5.54 Å². The summed E-state index contributed by atoms with van der Waals surface area (Å²) in [5.74, 6) is 0.934. The lowest BCUT2D eigenvalue weighted by atomic mass is 10.0. The quantitative estimate of drug-likeness (QED) is 0.631. The Morgan fingerprint density at radius 2 is 2.33 bits per heavy atom. The molecule has 0 amide bonds. The normalized spacial score (nSPS) is 14.5. The van der Waals surface area contributed by atoms with E-state index in [1.807, 2.05) is 6.92 Å². The van der Waals surface area contributed by atoms with Crippen LogP contribution in [0.25, 0.3) is 0 Å². The predicted octanol–water partition coefficient (Wildman–Crippen LogP) is 1.96. The molecule has 0 spiro atoms. The Labute approximate surface area is 97.9 Å². The van der Waals surface area contributed by atoms with Gasteiger partial charge >= 0.3 is 0 Å². The molecule has 0 radical (unpaired) electrons. The van der Waals surface area contributed by atoms with Gasteiger partial charge in [-0.15, -0.1) is 10.2 Å². The third kappa shape index (κ3) is 4.60. The minimum atomic E-state index is -0.697. The molecular weight excluding hydrogens is 228 g/mol. The van der Waals surface area contributed by atoms with Crippen molar-refractivity contribution in [2.45, 2.75) is 36.6 Å². The monoisotopic (exact) mass is 242 g/mol. The fraction of sp³-hybridized carbons (Fsp3) is 0.667. The van der Waals surface area contributed by atoms with Gasteiger partial charge in [-0.3, -0.25) is 0 Å². The number of nitrogens with two attached hydrogens (primary N) is 1. The first-order valence-corrected chi connectivity index (χ1v) is 6.47. The van der Waals surface area contributed by atoms with E-state index in [0.717, 1.165) is 21.5 Å². The molecule has 82 valence electrons. The van der Waals surface area contributed by atoms with Gasteiger partial charge < -0.3 is 5.73 Å². The highest BCUT2D eigenvalue weighted by atomic mass is 32.2. The topological polar surface area (TPSA) is 75.6 Å². The second kappa shape index (κ2) is 5.45. The zero-order valence-electron chi connectivity index (χ0n) is 8.86. The summed E-state index contributed by atoms with van der Waals surface area (Å²) in [6.07, 6.45) is 1.64. The number of aromatic nitrogens is 2. The van der Waals surface area contributed by atoms with Gasteiger partial charge in [-0.1, -0.05) is 23.1 Å². The van der Waals surface area contributed by atoms with Gasteiger partial charge in [0, 0.05) is 5.75 Å². The van der Waals surface area contributed by atoms with E-state index in [9.17, 15) is 0 Å². The summed E-state index contributed by atoms with van der Waals surface area (Å²) in [6, 6.07) is 2.09. The third-order valence-electron chi connectivity index (χ3n) is 1.83. The molecule has 1 aromatic rings. The van der Waals surface area contributed by atoms with E-state index in [1.165, 1.54) is 0 Å². The Kier molecular flexibility index (Phi) is 4.51. The Morgan fingerprint density at radius 1 is 1.60 bits per heavy atom. The molecule has 1 atom stereocenters. The van der Waals surface area contributed by atoms with Crippen molar-refractivity contribution in [1.29, 1.82) is 5.26 Å². The second-order valence-corrected chi connectivity index (χ2v) is 6.09. The average molecular weight is 242 g/mol. The number of rotatable bonds is 5.